The highest BCUT2D eigenvalue weighted by molar-refractivity contribution is 5.82. The standard InChI is InChI=1S/C37H54N2/c1-5-9-13-14-15-17-19-30-25-27-32(28-26-30)36-34(23-11-7-3)35(24-12-8-4)37(39(36)38)33-22-18-21-31(29-33)20-16-10-6-2/h18,21-22,25-29H,5-17,19-20,23-24H2,1-4H3. The van der Waals surface area contributed by atoms with Crippen LogP contribution in [0.3, 0.4) is 0 Å². The van der Waals surface area contributed by atoms with Crippen LogP contribution in [-0.4, -0.2) is 4.70 Å². The van der Waals surface area contributed by atoms with Crippen LogP contribution in [0.2, 0.25) is 0 Å². The van der Waals surface area contributed by atoms with E-state index in [1.54, 1.807) is 4.70 Å². The average molecular weight is 527 g/mol. The molecule has 2 nitrogen and oxygen atoms in total. The van der Waals surface area contributed by atoms with E-state index in [1.165, 1.54) is 80.1 Å². The first-order valence-corrected chi connectivity index (χ1v) is 16.3. The normalized spacial score (nSPS) is 13.7. The average Bonchev–Trinajstić information content (AvgIpc) is 3.23. The molecule has 0 amide bonds. The number of aryl methyl sites for hydroxylation is 2. The second kappa shape index (κ2) is 17.3. The van der Waals surface area contributed by atoms with Crippen molar-refractivity contribution in [2.45, 2.75) is 137 Å². The summed E-state index contributed by atoms with van der Waals surface area (Å²) in [6.45, 7) is 9.06. The fourth-order valence-corrected chi connectivity index (χ4v) is 5.88. The summed E-state index contributed by atoms with van der Waals surface area (Å²) < 4.78 is 1.55. The summed E-state index contributed by atoms with van der Waals surface area (Å²) in [6.07, 6.45) is 20.6. The number of nitrogens with zero attached hydrogens (tertiary/aromatic N) is 2. The van der Waals surface area contributed by atoms with Crippen LogP contribution >= 0.6 is 0 Å². The zero-order valence-corrected chi connectivity index (χ0v) is 25.5. The van der Waals surface area contributed by atoms with Crippen LogP contribution in [-0.2, 0) is 12.8 Å². The minimum absolute atomic E-state index is 1.01. The van der Waals surface area contributed by atoms with Crippen molar-refractivity contribution >= 4 is 11.4 Å². The highest BCUT2D eigenvalue weighted by Gasteiger charge is 2.35. The summed E-state index contributed by atoms with van der Waals surface area (Å²) in [5, 5.41) is 0. The van der Waals surface area contributed by atoms with E-state index in [1.807, 2.05) is 0 Å². The van der Waals surface area contributed by atoms with E-state index >= 15 is 0 Å². The minimum atomic E-state index is 1.01. The molecule has 0 fully saturated rings. The van der Waals surface area contributed by atoms with Crippen LogP contribution in [0.25, 0.3) is 16.9 Å². The molecule has 2 aromatic rings. The Bertz CT molecular complexity index is 1090. The lowest BCUT2D eigenvalue weighted by Gasteiger charge is -2.11. The Morgan fingerprint density at radius 1 is 0.487 bits per heavy atom. The van der Waals surface area contributed by atoms with E-state index < -0.39 is 0 Å². The first kappa shape index (κ1) is 31.1. The Hall–Kier alpha value is -2.48. The summed E-state index contributed by atoms with van der Waals surface area (Å²) in [4.78, 5) is 0. The molecule has 212 valence electrons. The quantitative estimate of drug-likeness (QED) is 0.128. The molecule has 1 aliphatic heterocycles. The van der Waals surface area contributed by atoms with Gasteiger partial charge in [0, 0.05) is 22.3 Å². The number of allylic oxidation sites excluding steroid dienone is 2. The Morgan fingerprint density at radius 2 is 1.00 bits per heavy atom. The summed E-state index contributed by atoms with van der Waals surface area (Å²) in [5.41, 5.74) is 21.6. The molecule has 0 aromatic heterocycles. The molecule has 1 heterocycles. The monoisotopic (exact) mass is 526 g/mol. The van der Waals surface area contributed by atoms with Gasteiger partial charge in [-0.25, -0.2) is 4.70 Å². The highest BCUT2D eigenvalue weighted by Crippen LogP contribution is 2.44. The summed E-state index contributed by atoms with van der Waals surface area (Å²) >= 11 is 0. The van der Waals surface area contributed by atoms with E-state index in [4.69, 9.17) is 0 Å². The van der Waals surface area contributed by atoms with Gasteiger partial charge in [-0.2, -0.15) is 0 Å². The molecule has 0 N–H and O–H groups in total. The molecule has 0 radical (unpaired) electrons. The van der Waals surface area contributed by atoms with E-state index in [9.17, 15) is 5.53 Å². The van der Waals surface area contributed by atoms with Gasteiger partial charge in [0.2, 0.25) is 11.4 Å². The van der Waals surface area contributed by atoms with Crippen LogP contribution in [0, 0.1) is 0 Å². The van der Waals surface area contributed by atoms with Crippen molar-refractivity contribution in [3.63, 3.8) is 0 Å². The van der Waals surface area contributed by atoms with Crippen molar-refractivity contribution in [1.29, 1.82) is 0 Å². The van der Waals surface area contributed by atoms with Gasteiger partial charge >= 0.3 is 0 Å². The van der Waals surface area contributed by atoms with Crippen molar-refractivity contribution in [3.8, 4) is 0 Å². The molecule has 0 bridgehead atoms. The summed E-state index contributed by atoms with van der Waals surface area (Å²) in [5.74, 6) is 0. The molecule has 0 unspecified atom stereocenters. The zero-order valence-electron chi connectivity index (χ0n) is 25.5. The number of hydrogen-bond donors (Lipinski definition) is 0. The van der Waals surface area contributed by atoms with Crippen molar-refractivity contribution in [3.05, 3.63) is 87.5 Å². The van der Waals surface area contributed by atoms with Crippen LogP contribution in [0.1, 0.15) is 146 Å². The minimum Gasteiger partial charge on any atom is -0.493 e. The van der Waals surface area contributed by atoms with Crippen LogP contribution in [0.4, 0.5) is 0 Å². The Balaban J connectivity index is 1.88. The third kappa shape index (κ3) is 9.02. The smallest absolute Gasteiger partial charge is 0.211 e. The fraction of sp³-hybridized carbons (Fsp3) is 0.568. The van der Waals surface area contributed by atoms with Crippen LogP contribution < -0.4 is 0 Å². The van der Waals surface area contributed by atoms with Gasteiger partial charge < -0.3 is 5.53 Å². The molecule has 2 heteroatoms. The van der Waals surface area contributed by atoms with Gasteiger partial charge in [-0.3, -0.25) is 0 Å². The van der Waals surface area contributed by atoms with E-state index in [0.717, 1.165) is 73.9 Å². The molecule has 0 aliphatic carbocycles. The van der Waals surface area contributed by atoms with Gasteiger partial charge in [0.15, 0.2) is 0 Å². The Labute approximate surface area is 240 Å². The van der Waals surface area contributed by atoms with Crippen molar-refractivity contribution < 1.29 is 4.70 Å². The third-order valence-corrected chi connectivity index (χ3v) is 8.24. The lowest BCUT2D eigenvalue weighted by molar-refractivity contribution is -0.345. The van der Waals surface area contributed by atoms with Gasteiger partial charge in [-0.1, -0.05) is 110 Å². The molecular weight excluding hydrogens is 472 g/mol. The van der Waals surface area contributed by atoms with E-state index in [0.29, 0.717) is 0 Å². The van der Waals surface area contributed by atoms with Gasteiger partial charge in [0.25, 0.3) is 0 Å². The molecular formula is C37H54N2. The summed E-state index contributed by atoms with van der Waals surface area (Å²) in [6, 6.07) is 18.0. The van der Waals surface area contributed by atoms with Crippen molar-refractivity contribution in [2.24, 2.45) is 0 Å². The SMILES string of the molecule is CCCCCCCCc1ccc(C2=C(CCCC)C(CCCC)=C(c3cccc(CCCCC)c3)[N+]2=[N-])cc1. The molecule has 1 aliphatic rings. The molecule has 0 saturated heterocycles. The first-order valence-electron chi connectivity index (χ1n) is 16.3. The maximum absolute atomic E-state index is 11.8. The molecule has 0 atom stereocenters. The van der Waals surface area contributed by atoms with Gasteiger partial charge in [0.1, 0.15) is 0 Å². The zero-order chi connectivity index (χ0) is 27.9. The maximum atomic E-state index is 11.8. The highest BCUT2D eigenvalue weighted by atomic mass is 15.2. The van der Waals surface area contributed by atoms with Crippen molar-refractivity contribution in [1.82, 2.24) is 0 Å². The second-order valence-electron chi connectivity index (χ2n) is 11.5. The lowest BCUT2D eigenvalue weighted by Crippen LogP contribution is -2.03. The molecule has 0 saturated carbocycles. The van der Waals surface area contributed by atoms with Crippen LogP contribution in [0.5, 0.6) is 0 Å². The number of benzene rings is 2. The molecule has 39 heavy (non-hydrogen) atoms. The fourth-order valence-electron chi connectivity index (χ4n) is 5.88. The van der Waals surface area contributed by atoms with Crippen LogP contribution in [0.15, 0.2) is 59.7 Å². The number of unbranched alkanes of at least 4 members (excludes halogenated alkanes) is 9. The summed E-state index contributed by atoms with van der Waals surface area (Å²) in [7, 11) is 0. The number of rotatable bonds is 19. The van der Waals surface area contributed by atoms with Gasteiger partial charge in [-0.05, 0) is 86.8 Å². The predicted octanol–water partition coefficient (Wildman–Crippen LogP) is 11.9. The predicted molar refractivity (Wildman–Crippen MR) is 170 cm³/mol. The van der Waals surface area contributed by atoms with E-state index in [-0.39, 0.29) is 0 Å². The Kier molecular flexibility index (Phi) is 13.7. The Morgan fingerprint density at radius 3 is 1.64 bits per heavy atom. The van der Waals surface area contributed by atoms with Gasteiger partial charge in [0.05, 0.1) is 0 Å². The molecule has 2 aromatic carbocycles. The molecule has 3 rings (SSSR count). The topological polar surface area (TPSA) is 25.3 Å². The number of hydrogen-bond acceptors (Lipinski definition) is 0. The lowest BCUT2D eigenvalue weighted by atomic mass is 9.91. The third-order valence-electron chi connectivity index (χ3n) is 8.24. The first-order chi connectivity index (χ1) is 19.1. The second-order valence-corrected chi connectivity index (χ2v) is 11.5. The van der Waals surface area contributed by atoms with Crippen molar-refractivity contribution in [2.75, 3.05) is 0 Å². The van der Waals surface area contributed by atoms with Gasteiger partial charge in [-0.15, -0.1) is 0 Å². The molecule has 0 spiro atoms. The largest absolute Gasteiger partial charge is 0.493 e. The maximum Gasteiger partial charge on any atom is 0.211 e. The van der Waals surface area contributed by atoms with E-state index in [2.05, 4.69) is 76.2 Å².